The molecular weight excluding hydrogens is 440 g/mol. The number of aromatic nitrogens is 3. The van der Waals surface area contributed by atoms with Crippen molar-refractivity contribution in [3.63, 3.8) is 0 Å². The molecule has 0 aliphatic carbocycles. The van der Waals surface area contributed by atoms with Crippen molar-refractivity contribution in [2.45, 2.75) is 20.8 Å². The van der Waals surface area contributed by atoms with Crippen LogP contribution >= 0.6 is 15.9 Å². The van der Waals surface area contributed by atoms with E-state index in [9.17, 15) is 4.79 Å². The van der Waals surface area contributed by atoms with Crippen LogP contribution in [0.15, 0.2) is 71.2 Å². The summed E-state index contributed by atoms with van der Waals surface area (Å²) in [5.74, 6) is 0.386. The van der Waals surface area contributed by atoms with Crippen molar-refractivity contribution in [2.24, 2.45) is 0 Å². The van der Waals surface area contributed by atoms with E-state index in [1.165, 1.54) is 5.56 Å². The molecule has 1 heterocycles. The summed E-state index contributed by atoms with van der Waals surface area (Å²) in [6.45, 7) is 6.12. The van der Waals surface area contributed by atoms with Crippen LogP contribution in [0, 0.1) is 20.8 Å². The summed E-state index contributed by atoms with van der Waals surface area (Å²) >= 11 is 3.42. The Morgan fingerprint density at radius 2 is 1.67 bits per heavy atom. The molecule has 0 atom stereocenters. The summed E-state index contributed by atoms with van der Waals surface area (Å²) in [7, 11) is 0. The van der Waals surface area contributed by atoms with Crippen molar-refractivity contribution in [3.8, 4) is 17.1 Å². The summed E-state index contributed by atoms with van der Waals surface area (Å²) in [6, 6.07) is 21.6. The van der Waals surface area contributed by atoms with E-state index < -0.39 is 0 Å². The van der Waals surface area contributed by atoms with Gasteiger partial charge in [0.15, 0.2) is 5.82 Å². The van der Waals surface area contributed by atoms with Gasteiger partial charge in [-0.1, -0.05) is 69.5 Å². The van der Waals surface area contributed by atoms with Gasteiger partial charge in [0, 0.05) is 15.7 Å². The van der Waals surface area contributed by atoms with Gasteiger partial charge in [-0.3, -0.25) is 4.79 Å². The van der Waals surface area contributed by atoms with Gasteiger partial charge in [-0.05, 0) is 50.6 Å². The third kappa shape index (κ3) is 4.19. The second-order valence-corrected chi connectivity index (χ2v) is 8.21. The molecule has 4 rings (SSSR count). The lowest BCUT2D eigenvalue weighted by atomic mass is 10.1. The fourth-order valence-corrected chi connectivity index (χ4v) is 3.66. The highest BCUT2D eigenvalue weighted by atomic mass is 79.9. The number of carbonyl (C=O) groups excluding carboxylic acids is 1. The minimum Gasteiger partial charge on any atom is -0.319 e. The molecule has 1 N–H and O–H groups in total. The average Bonchev–Trinajstić information content (AvgIpc) is 3.14. The molecule has 0 aliphatic rings. The SMILES string of the molecule is Cc1ccc(-c2nc(C(=O)Nc3cccc(Br)c3)nn2-c2ccc(C)cc2C)cc1. The molecule has 30 heavy (non-hydrogen) atoms. The molecule has 1 aromatic heterocycles. The molecule has 4 aromatic rings. The van der Waals surface area contributed by atoms with E-state index in [0.717, 1.165) is 26.9 Å². The van der Waals surface area contributed by atoms with Crippen LogP contribution in [0.25, 0.3) is 17.1 Å². The highest BCUT2D eigenvalue weighted by Gasteiger charge is 2.20. The second-order valence-electron chi connectivity index (χ2n) is 7.29. The lowest BCUT2D eigenvalue weighted by Gasteiger charge is -2.10. The van der Waals surface area contributed by atoms with Gasteiger partial charge in [-0.2, -0.15) is 0 Å². The summed E-state index contributed by atoms with van der Waals surface area (Å²) in [5, 5.41) is 7.44. The number of carbonyl (C=O) groups is 1. The van der Waals surface area contributed by atoms with Gasteiger partial charge in [0.25, 0.3) is 5.91 Å². The average molecular weight is 461 g/mol. The van der Waals surface area contributed by atoms with Gasteiger partial charge in [-0.25, -0.2) is 9.67 Å². The molecule has 0 spiro atoms. The number of aryl methyl sites for hydroxylation is 3. The summed E-state index contributed by atoms with van der Waals surface area (Å²) in [6.07, 6.45) is 0. The Balaban J connectivity index is 1.79. The topological polar surface area (TPSA) is 59.8 Å². The minimum absolute atomic E-state index is 0.116. The van der Waals surface area contributed by atoms with Crippen molar-refractivity contribution in [3.05, 3.63) is 93.7 Å². The lowest BCUT2D eigenvalue weighted by Crippen LogP contribution is -2.14. The highest BCUT2D eigenvalue weighted by Crippen LogP contribution is 2.25. The van der Waals surface area contributed by atoms with Crippen molar-refractivity contribution in [1.82, 2.24) is 14.8 Å². The van der Waals surface area contributed by atoms with Crippen LogP contribution in [0.3, 0.4) is 0 Å². The first-order chi connectivity index (χ1) is 14.4. The van der Waals surface area contributed by atoms with Crippen LogP contribution < -0.4 is 5.32 Å². The number of nitrogens with one attached hydrogen (secondary N) is 1. The molecule has 1 amide bonds. The Morgan fingerprint density at radius 3 is 2.37 bits per heavy atom. The number of nitrogens with zero attached hydrogens (tertiary/aromatic N) is 3. The minimum atomic E-state index is -0.357. The highest BCUT2D eigenvalue weighted by molar-refractivity contribution is 9.10. The predicted molar refractivity (Wildman–Crippen MR) is 123 cm³/mol. The summed E-state index contributed by atoms with van der Waals surface area (Å²) in [4.78, 5) is 17.5. The van der Waals surface area contributed by atoms with E-state index in [-0.39, 0.29) is 11.7 Å². The zero-order chi connectivity index (χ0) is 21.3. The van der Waals surface area contributed by atoms with Crippen LogP contribution in [-0.4, -0.2) is 20.7 Å². The maximum atomic E-state index is 12.9. The second kappa shape index (κ2) is 8.24. The van der Waals surface area contributed by atoms with Gasteiger partial charge >= 0.3 is 0 Å². The first-order valence-corrected chi connectivity index (χ1v) is 10.4. The molecule has 0 saturated heterocycles. The van der Waals surface area contributed by atoms with Gasteiger partial charge < -0.3 is 5.32 Å². The molecule has 0 unspecified atom stereocenters. The molecule has 6 heteroatoms. The number of amides is 1. The zero-order valence-electron chi connectivity index (χ0n) is 17.0. The molecule has 5 nitrogen and oxygen atoms in total. The van der Waals surface area contributed by atoms with Crippen LogP contribution in [0.5, 0.6) is 0 Å². The normalized spacial score (nSPS) is 10.8. The molecule has 0 aliphatic heterocycles. The standard InChI is InChI=1S/C24H21BrN4O/c1-15-7-10-18(11-8-15)23-27-22(24(30)26-20-6-4-5-19(25)14-20)28-29(23)21-12-9-16(2)13-17(21)3/h4-14H,1-3H3,(H,26,30). The van der Waals surface area contributed by atoms with Gasteiger partial charge in [0.05, 0.1) is 5.69 Å². The molecule has 0 saturated carbocycles. The van der Waals surface area contributed by atoms with Crippen LogP contribution in [0.2, 0.25) is 0 Å². The Kier molecular flexibility index (Phi) is 5.50. The molecule has 0 fully saturated rings. The molecule has 3 aromatic carbocycles. The fourth-order valence-electron chi connectivity index (χ4n) is 3.26. The first-order valence-electron chi connectivity index (χ1n) is 9.59. The maximum absolute atomic E-state index is 12.9. The molecular formula is C24H21BrN4O. The van der Waals surface area contributed by atoms with Crippen LogP contribution in [-0.2, 0) is 0 Å². The Hall–Kier alpha value is -3.25. The van der Waals surface area contributed by atoms with Gasteiger partial charge in [-0.15, -0.1) is 5.10 Å². The largest absolute Gasteiger partial charge is 0.319 e. The van der Waals surface area contributed by atoms with E-state index >= 15 is 0 Å². The summed E-state index contributed by atoms with van der Waals surface area (Å²) in [5.41, 5.74) is 5.85. The molecule has 0 bridgehead atoms. The maximum Gasteiger partial charge on any atom is 0.295 e. The quantitative estimate of drug-likeness (QED) is 0.413. The van der Waals surface area contributed by atoms with E-state index in [1.54, 1.807) is 4.68 Å². The fraction of sp³-hybridized carbons (Fsp3) is 0.125. The van der Waals surface area contributed by atoms with Crippen molar-refractivity contribution < 1.29 is 4.79 Å². The monoisotopic (exact) mass is 460 g/mol. The number of rotatable bonds is 4. The van der Waals surface area contributed by atoms with E-state index in [0.29, 0.717) is 11.5 Å². The molecule has 0 radical (unpaired) electrons. The van der Waals surface area contributed by atoms with Crippen LogP contribution in [0.4, 0.5) is 5.69 Å². The molecule has 150 valence electrons. The van der Waals surface area contributed by atoms with Crippen LogP contribution in [0.1, 0.15) is 27.3 Å². The predicted octanol–water partition coefficient (Wildman–Crippen LogP) is 5.87. The number of anilines is 1. The van der Waals surface area contributed by atoms with E-state index in [2.05, 4.69) is 44.3 Å². The third-order valence-electron chi connectivity index (χ3n) is 4.78. The Bertz CT molecular complexity index is 1230. The van der Waals surface area contributed by atoms with Gasteiger partial charge in [0.1, 0.15) is 0 Å². The van der Waals surface area contributed by atoms with Gasteiger partial charge in [0.2, 0.25) is 5.82 Å². The zero-order valence-corrected chi connectivity index (χ0v) is 18.6. The number of benzene rings is 3. The van der Waals surface area contributed by atoms with Crippen molar-refractivity contribution >= 4 is 27.5 Å². The van der Waals surface area contributed by atoms with Crippen molar-refractivity contribution in [2.75, 3.05) is 5.32 Å². The number of hydrogen-bond acceptors (Lipinski definition) is 3. The Morgan fingerprint density at radius 1 is 0.933 bits per heavy atom. The lowest BCUT2D eigenvalue weighted by molar-refractivity contribution is 0.101. The number of halogens is 1. The Labute approximate surface area is 183 Å². The van der Waals surface area contributed by atoms with E-state index in [4.69, 9.17) is 0 Å². The van der Waals surface area contributed by atoms with E-state index in [1.807, 2.05) is 74.5 Å². The summed E-state index contributed by atoms with van der Waals surface area (Å²) < 4.78 is 2.63. The number of hydrogen-bond donors (Lipinski definition) is 1. The van der Waals surface area contributed by atoms with Crippen molar-refractivity contribution in [1.29, 1.82) is 0 Å². The first kappa shape index (κ1) is 20.0. The third-order valence-corrected chi connectivity index (χ3v) is 5.28. The smallest absolute Gasteiger partial charge is 0.295 e.